The molecule has 0 amide bonds. The van der Waals surface area contributed by atoms with Gasteiger partial charge in [-0.1, -0.05) is 36.1 Å². The normalized spacial score (nSPS) is 25.9. The number of halogens is 1. The van der Waals surface area contributed by atoms with Gasteiger partial charge in [0.2, 0.25) is 0 Å². The predicted molar refractivity (Wildman–Crippen MR) is 74.4 cm³/mol. The van der Waals surface area contributed by atoms with Gasteiger partial charge >= 0.3 is 0 Å². The Morgan fingerprint density at radius 2 is 1.75 bits per heavy atom. The fourth-order valence-corrected chi connectivity index (χ4v) is 3.08. The Hall–Kier alpha value is -2.11. The molecule has 2 aliphatic rings. The van der Waals surface area contributed by atoms with Crippen molar-refractivity contribution >= 4 is 0 Å². The molecule has 2 bridgehead atoms. The van der Waals surface area contributed by atoms with Gasteiger partial charge in [0.1, 0.15) is 5.82 Å². The molecule has 0 spiro atoms. The molecule has 2 heteroatoms. The largest absolute Gasteiger partial charge is 0.364 e. The van der Waals surface area contributed by atoms with Crippen molar-refractivity contribution in [3.63, 3.8) is 0 Å². The lowest BCUT2D eigenvalue weighted by Gasteiger charge is -2.16. The highest BCUT2D eigenvalue weighted by atomic mass is 19.1. The first kappa shape index (κ1) is 11.7. The first-order valence-electron chi connectivity index (χ1n) is 6.82. The van der Waals surface area contributed by atoms with Crippen LogP contribution in [0.15, 0.2) is 48.5 Å². The van der Waals surface area contributed by atoms with Gasteiger partial charge in [-0.05, 0) is 41.8 Å². The van der Waals surface area contributed by atoms with Crippen molar-refractivity contribution in [2.24, 2.45) is 5.92 Å². The summed E-state index contributed by atoms with van der Waals surface area (Å²) in [4.78, 5) is 0. The molecule has 2 heterocycles. The summed E-state index contributed by atoms with van der Waals surface area (Å²) in [7, 11) is 0. The third-order valence-electron chi connectivity index (χ3n) is 4.04. The number of fused-ring (bicyclic) bond motifs is 5. The number of benzene rings is 2. The van der Waals surface area contributed by atoms with Gasteiger partial charge in [-0.25, -0.2) is 4.39 Å². The highest BCUT2D eigenvalue weighted by Gasteiger charge is 2.44. The van der Waals surface area contributed by atoms with Crippen LogP contribution in [0.4, 0.5) is 4.39 Å². The van der Waals surface area contributed by atoms with Crippen LogP contribution < -0.4 is 0 Å². The summed E-state index contributed by atoms with van der Waals surface area (Å²) < 4.78 is 18.8. The van der Waals surface area contributed by atoms with Gasteiger partial charge in [0, 0.05) is 5.56 Å². The van der Waals surface area contributed by atoms with E-state index in [1.54, 1.807) is 12.1 Å². The summed E-state index contributed by atoms with van der Waals surface area (Å²) in [6.07, 6.45) is 1.25. The van der Waals surface area contributed by atoms with Gasteiger partial charge in [-0.15, -0.1) is 0 Å². The van der Waals surface area contributed by atoms with Gasteiger partial charge in [-0.3, -0.25) is 0 Å². The van der Waals surface area contributed by atoms with Crippen molar-refractivity contribution in [3.8, 4) is 11.8 Å². The fourth-order valence-electron chi connectivity index (χ4n) is 3.08. The van der Waals surface area contributed by atoms with Gasteiger partial charge in [0.25, 0.3) is 0 Å². The minimum Gasteiger partial charge on any atom is -0.364 e. The highest BCUT2D eigenvalue weighted by Crippen LogP contribution is 2.53. The molecular formula is C18H13FO. The van der Waals surface area contributed by atoms with Gasteiger partial charge in [-0.2, -0.15) is 0 Å². The molecule has 2 aromatic rings. The van der Waals surface area contributed by atoms with E-state index in [9.17, 15) is 4.39 Å². The summed E-state index contributed by atoms with van der Waals surface area (Å²) in [5.74, 6) is 6.43. The van der Waals surface area contributed by atoms with E-state index >= 15 is 0 Å². The number of hydrogen-bond donors (Lipinski definition) is 0. The smallest absolute Gasteiger partial charge is 0.123 e. The fraction of sp³-hybridized carbons (Fsp3) is 0.222. The topological polar surface area (TPSA) is 9.23 Å². The second-order valence-corrected chi connectivity index (χ2v) is 5.29. The van der Waals surface area contributed by atoms with E-state index in [2.05, 4.69) is 30.0 Å². The van der Waals surface area contributed by atoms with Crippen molar-refractivity contribution in [1.29, 1.82) is 0 Å². The molecule has 0 saturated carbocycles. The molecule has 3 atom stereocenters. The highest BCUT2D eigenvalue weighted by molar-refractivity contribution is 5.41. The van der Waals surface area contributed by atoms with Crippen LogP contribution >= 0.6 is 0 Å². The third kappa shape index (κ3) is 1.83. The SMILES string of the molecule is Fc1ccc(C#CC2CC3OC2c2ccccc23)cc1. The Morgan fingerprint density at radius 1 is 1.00 bits per heavy atom. The number of hydrogen-bond acceptors (Lipinski definition) is 1. The average Bonchev–Trinajstić information content (AvgIpc) is 3.06. The zero-order valence-electron chi connectivity index (χ0n) is 10.8. The van der Waals surface area contributed by atoms with Crippen LogP contribution in [0.5, 0.6) is 0 Å². The molecule has 1 saturated heterocycles. The van der Waals surface area contributed by atoms with Crippen LogP contribution in [0.1, 0.15) is 35.3 Å². The molecule has 2 aromatic carbocycles. The Kier molecular flexibility index (Phi) is 2.61. The molecular weight excluding hydrogens is 251 g/mol. The van der Waals surface area contributed by atoms with Gasteiger partial charge in [0.15, 0.2) is 0 Å². The molecule has 4 rings (SSSR count). The third-order valence-corrected chi connectivity index (χ3v) is 4.04. The monoisotopic (exact) mass is 264 g/mol. The zero-order chi connectivity index (χ0) is 13.5. The van der Waals surface area contributed by atoms with E-state index in [-0.39, 0.29) is 23.9 Å². The van der Waals surface area contributed by atoms with Crippen molar-refractivity contribution in [3.05, 3.63) is 71.0 Å². The lowest BCUT2D eigenvalue weighted by Crippen LogP contribution is -2.08. The second kappa shape index (κ2) is 4.47. The predicted octanol–water partition coefficient (Wildman–Crippen LogP) is 4.01. The summed E-state index contributed by atoms with van der Waals surface area (Å²) in [6.45, 7) is 0. The zero-order valence-corrected chi connectivity index (χ0v) is 10.8. The van der Waals surface area contributed by atoms with Crippen LogP contribution in [-0.2, 0) is 4.74 Å². The first-order valence-corrected chi connectivity index (χ1v) is 6.82. The van der Waals surface area contributed by atoms with Gasteiger partial charge in [0.05, 0.1) is 18.1 Å². The maximum atomic E-state index is 12.8. The standard InChI is InChI=1S/C18H13FO/c19-14-9-6-12(7-10-14)5-8-13-11-17-15-3-1-2-4-16(15)18(13)20-17/h1-4,6-7,9-10,13,17-18H,11H2. The maximum Gasteiger partial charge on any atom is 0.123 e. The summed E-state index contributed by atoms with van der Waals surface area (Å²) in [6, 6.07) is 14.7. The number of rotatable bonds is 0. The molecule has 0 radical (unpaired) electrons. The van der Waals surface area contributed by atoms with E-state index in [1.807, 2.05) is 6.07 Å². The average molecular weight is 264 g/mol. The van der Waals surface area contributed by atoms with Crippen molar-refractivity contribution in [2.45, 2.75) is 18.6 Å². The molecule has 20 heavy (non-hydrogen) atoms. The summed E-state index contributed by atoms with van der Waals surface area (Å²) in [5, 5.41) is 0. The van der Waals surface area contributed by atoms with E-state index in [1.165, 1.54) is 23.3 Å². The van der Waals surface area contributed by atoms with E-state index in [4.69, 9.17) is 4.74 Å². The summed E-state index contributed by atoms with van der Waals surface area (Å²) >= 11 is 0. The first-order chi connectivity index (χ1) is 9.81. The van der Waals surface area contributed by atoms with E-state index < -0.39 is 0 Å². The minimum absolute atomic E-state index is 0.101. The second-order valence-electron chi connectivity index (χ2n) is 5.29. The molecule has 2 aliphatic heterocycles. The van der Waals surface area contributed by atoms with Crippen LogP contribution in [0.2, 0.25) is 0 Å². The van der Waals surface area contributed by atoms with E-state index in [0.717, 1.165) is 12.0 Å². The molecule has 98 valence electrons. The van der Waals surface area contributed by atoms with Crippen LogP contribution in [0.3, 0.4) is 0 Å². The van der Waals surface area contributed by atoms with Crippen molar-refractivity contribution in [1.82, 2.24) is 0 Å². The molecule has 3 unspecified atom stereocenters. The maximum absolute atomic E-state index is 12.8. The lowest BCUT2D eigenvalue weighted by molar-refractivity contribution is 0.0657. The number of ether oxygens (including phenoxy) is 1. The van der Waals surface area contributed by atoms with E-state index in [0.29, 0.717) is 0 Å². The Balaban J connectivity index is 1.60. The van der Waals surface area contributed by atoms with Crippen LogP contribution in [0, 0.1) is 23.6 Å². The Labute approximate surface area is 117 Å². The van der Waals surface area contributed by atoms with Crippen molar-refractivity contribution in [2.75, 3.05) is 0 Å². The Morgan fingerprint density at radius 3 is 2.55 bits per heavy atom. The van der Waals surface area contributed by atoms with Crippen LogP contribution in [-0.4, -0.2) is 0 Å². The van der Waals surface area contributed by atoms with Gasteiger partial charge < -0.3 is 4.74 Å². The molecule has 0 aliphatic carbocycles. The molecule has 0 N–H and O–H groups in total. The minimum atomic E-state index is -0.229. The molecule has 1 fully saturated rings. The molecule has 1 nitrogen and oxygen atoms in total. The summed E-state index contributed by atoms with van der Waals surface area (Å²) in [5.41, 5.74) is 3.45. The molecule has 0 aromatic heterocycles. The van der Waals surface area contributed by atoms with Crippen molar-refractivity contribution < 1.29 is 9.13 Å². The quantitative estimate of drug-likeness (QED) is 0.653. The lowest BCUT2D eigenvalue weighted by atomic mass is 9.84. The van der Waals surface area contributed by atoms with Crippen LogP contribution in [0.25, 0.3) is 0 Å². The Bertz CT molecular complexity index is 708.